The lowest BCUT2D eigenvalue weighted by Gasteiger charge is -2.26. The van der Waals surface area contributed by atoms with Crippen LogP contribution in [0.3, 0.4) is 0 Å². The smallest absolute Gasteiger partial charge is 0.274 e. The van der Waals surface area contributed by atoms with Crippen molar-refractivity contribution in [2.24, 2.45) is 10.7 Å². The summed E-state index contributed by atoms with van der Waals surface area (Å²) in [5, 5.41) is 12.3. The standard InChI is InChI=1S/C20H21N5OS/c1-27-19(22)25-20(9-2-3-10-20)15-5-4-6-16(11-15)24-18(26)17-8-7-14(12-21)13-23-17/h4-8,11,13H,2-3,9-10H2,1H3,(H2,22,25)(H,24,26). The molecule has 1 aliphatic carbocycles. The largest absolute Gasteiger partial charge is 0.379 e. The van der Waals surface area contributed by atoms with Crippen LogP contribution < -0.4 is 11.1 Å². The number of aliphatic imine (C=N–C) groups is 1. The summed E-state index contributed by atoms with van der Waals surface area (Å²) < 4.78 is 0. The third-order valence-electron chi connectivity index (χ3n) is 4.75. The van der Waals surface area contributed by atoms with E-state index in [1.807, 2.05) is 36.6 Å². The van der Waals surface area contributed by atoms with Crippen molar-refractivity contribution in [3.05, 3.63) is 59.4 Å². The Morgan fingerprint density at radius 1 is 1.33 bits per heavy atom. The number of hydrogen-bond acceptors (Lipinski definition) is 5. The van der Waals surface area contributed by atoms with E-state index in [1.165, 1.54) is 18.0 Å². The van der Waals surface area contributed by atoms with Crippen molar-refractivity contribution in [2.45, 2.75) is 31.2 Å². The first-order chi connectivity index (χ1) is 13.1. The third-order valence-corrected chi connectivity index (χ3v) is 5.26. The van der Waals surface area contributed by atoms with Crippen LogP contribution in [0.25, 0.3) is 0 Å². The molecule has 1 fully saturated rings. The number of amidine groups is 1. The number of carbonyl (C=O) groups excluding carboxylic acids is 1. The maximum Gasteiger partial charge on any atom is 0.274 e. The Bertz CT molecular complexity index is 895. The zero-order valence-corrected chi connectivity index (χ0v) is 15.9. The van der Waals surface area contributed by atoms with E-state index in [0.29, 0.717) is 16.4 Å². The first-order valence-corrected chi connectivity index (χ1v) is 9.96. The number of nitrogens with two attached hydrogens (primary N) is 1. The number of hydrogen-bond donors (Lipinski definition) is 2. The Morgan fingerprint density at radius 2 is 2.11 bits per heavy atom. The highest BCUT2D eigenvalue weighted by Gasteiger charge is 2.35. The van der Waals surface area contributed by atoms with Gasteiger partial charge in [-0.1, -0.05) is 36.7 Å². The molecule has 138 valence electrons. The summed E-state index contributed by atoms with van der Waals surface area (Å²) >= 11 is 1.45. The fraction of sp³-hybridized carbons (Fsp3) is 0.300. The van der Waals surface area contributed by atoms with Gasteiger partial charge in [0.15, 0.2) is 5.17 Å². The number of anilines is 1. The van der Waals surface area contributed by atoms with Crippen molar-refractivity contribution in [1.29, 1.82) is 5.26 Å². The Balaban J connectivity index is 1.84. The second-order valence-corrected chi connectivity index (χ2v) is 7.30. The van der Waals surface area contributed by atoms with Gasteiger partial charge in [0.1, 0.15) is 11.8 Å². The number of benzene rings is 1. The minimum atomic E-state index is -0.319. The Labute approximate surface area is 162 Å². The molecule has 0 aliphatic heterocycles. The number of aromatic nitrogens is 1. The van der Waals surface area contributed by atoms with Crippen molar-refractivity contribution in [1.82, 2.24) is 4.98 Å². The molecule has 6 nitrogen and oxygen atoms in total. The molecule has 1 amide bonds. The van der Waals surface area contributed by atoms with Gasteiger partial charge in [0.05, 0.1) is 11.1 Å². The number of nitriles is 1. The molecule has 27 heavy (non-hydrogen) atoms. The summed E-state index contributed by atoms with van der Waals surface area (Å²) in [7, 11) is 0. The van der Waals surface area contributed by atoms with Crippen LogP contribution in [0.5, 0.6) is 0 Å². The number of rotatable bonds is 4. The number of carbonyl (C=O) groups is 1. The fourth-order valence-electron chi connectivity index (χ4n) is 3.36. The second kappa shape index (κ2) is 8.23. The van der Waals surface area contributed by atoms with E-state index in [1.54, 1.807) is 12.1 Å². The van der Waals surface area contributed by atoms with Gasteiger partial charge >= 0.3 is 0 Å². The topological polar surface area (TPSA) is 104 Å². The molecule has 1 aromatic heterocycles. The number of nitrogens with one attached hydrogen (secondary N) is 1. The van der Waals surface area contributed by atoms with Crippen LogP contribution >= 0.6 is 11.8 Å². The predicted molar refractivity (Wildman–Crippen MR) is 109 cm³/mol. The quantitative estimate of drug-likeness (QED) is 0.623. The van der Waals surface area contributed by atoms with E-state index in [2.05, 4.69) is 10.3 Å². The molecule has 1 aliphatic rings. The van der Waals surface area contributed by atoms with Crippen LogP contribution in [0.2, 0.25) is 0 Å². The lowest BCUT2D eigenvalue weighted by Crippen LogP contribution is -2.24. The molecule has 0 atom stereocenters. The van der Waals surface area contributed by atoms with Gasteiger partial charge in [0, 0.05) is 11.9 Å². The van der Waals surface area contributed by atoms with Gasteiger partial charge in [-0.15, -0.1) is 0 Å². The van der Waals surface area contributed by atoms with Gasteiger partial charge in [-0.2, -0.15) is 5.26 Å². The van der Waals surface area contributed by atoms with Crippen LogP contribution in [0.15, 0.2) is 47.6 Å². The summed E-state index contributed by atoms with van der Waals surface area (Å²) in [5.74, 6) is -0.316. The first-order valence-electron chi connectivity index (χ1n) is 8.74. The van der Waals surface area contributed by atoms with Crippen molar-refractivity contribution in [3.8, 4) is 6.07 Å². The summed E-state index contributed by atoms with van der Waals surface area (Å²) in [4.78, 5) is 21.3. The van der Waals surface area contributed by atoms with Crippen LogP contribution in [0, 0.1) is 11.3 Å². The van der Waals surface area contributed by atoms with E-state index < -0.39 is 0 Å². The molecule has 3 rings (SSSR count). The van der Waals surface area contributed by atoms with E-state index in [4.69, 9.17) is 16.0 Å². The first kappa shape index (κ1) is 18.9. The molecule has 1 aromatic carbocycles. The van der Waals surface area contributed by atoms with Crippen molar-refractivity contribution in [3.63, 3.8) is 0 Å². The van der Waals surface area contributed by atoms with E-state index in [-0.39, 0.29) is 17.1 Å². The van der Waals surface area contributed by atoms with Crippen molar-refractivity contribution in [2.75, 3.05) is 11.6 Å². The summed E-state index contributed by atoms with van der Waals surface area (Å²) in [5.41, 5.74) is 8.11. The Hall–Kier alpha value is -2.85. The van der Waals surface area contributed by atoms with Gasteiger partial charge in [-0.25, -0.2) is 4.98 Å². The second-order valence-electron chi connectivity index (χ2n) is 6.47. The van der Waals surface area contributed by atoms with Crippen molar-refractivity contribution >= 4 is 28.5 Å². The zero-order valence-electron chi connectivity index (χ0n) is 15.1. The molecule has 0 spiro atoms. The molecule has 0 saturated heterocycles. The number of pyridine rings is 1. The normalized spacial score (nSPS) is 15.9. The highest BCUT2D eigenvalue weighted by atomic mass is 32.2. The minimum Gasteiger partial charge on any atom is -0.379 e. The average molecular weight is 379 g/mol. The van der Waals surface area contributed by atoms with Crippen LogP contribution in [0.1, 0.15) is 47.3 Å². The van der Waals surface area contributed by atoms with Crippen molar-refractivity contribution < 1.29 is 4.79 Å². The molecule has 0 unspecified atom stereocenters. The number of nitrogens with zero attached hydrogens (tertiary/aromatic N) is 3. The zero-order chi connectivity index (χ0) is 19.3. The average Bonchev–Trinajstić information content (AvgIpc) is 3.17. The van der Waals surface area contributed by atoms with Crippen LogP contribution in [-0.2, 0) is 5.54 Å². The molecule has 3 N–H and O–H groups in total. The van der Waals surface area contributed by atoms with Gasteiger partial charge in [-0.3, -0.25) is 9.79 Å². The van der Waals surface area contributed by atoms with Crippen LogP contribution in [0.4, 0.5) is 5.69 Å². The third kappa shape index (κ3) is 4.29. The van der Waals surface area contributed by atoms with Gasteiger partial charge in [0.25, 0.3) is 5.91 Å². The van der Waals surface area contributed by atoms with Gasteiger partial charge in [-0.05, 0) is 48.9 Å². The summed E-state index contributed by atoms with van der Waals surface area (Å²) in [6.45, 7) is 0. The van der Waals surface area contributed by atoms with Gasteiger partial charge < -0.3 is 11.1 Å². The molecule has 0 radical (unpaired) electrons. The maximum absolute atomic E-state index is 12.4. The molecule has 0 bridgehead atoms. The lowest BCUT2D eigenvalue weighted by molar-refractivity contribution is 0.102. The van der Waals surface area contributed by atoms with E-state index in [9.17, 15) is 4.79 Å². The van der Waals surface area contributed by atoms with Crippen LogP contribution in [-0.4, -0.2) is 22.3 Å². The minimum absolute atomic E-state index is 0.264. The Morgan fingerprint density at radius 3 is 2.74 bits per heavy atom. The highest BCUT2D eigenvalue weighted by molar-refractivity contribution is 8.13. The number of thioether (sulfide) groups is 1. The molecular weight excluding hydrogens is 358 g/mol. The van der Waals surface area contributed by atoms with E-state index >= 15 is 0 Å². The maximum atomic E-state index is 12.4. The molecule has 1 saturated carbocycles. The monoisotopic (exact) mass is 379 g/mol. The fourth-order valence-corrected chi connectivity index (χ4v) is 3.62. The molecule has 2 aromatic rings. The molecular formula is C20H21N5OS. The molecule has 7 heteroatoms. The predicted octanol–water partition coefficient (Wildman–Crippen LogP) is 3.65. The summed E-state index contributed by atoms with van der Waals surface area (Å²) in [6.07, 6.45) is 7.42. The SMILES string of the molecule is CSC(N)=NC1(c2cccc(NC(=O)c3ccc(C#N)cn3)c2)CCCC1. The highest BCUT2D eigenvalue weighted by Crippen LogP contribution is 2.43. The molecule has 1 heterocycles. The Kier molecular flexibility index (Phi) is 5.77. The number of amides is 1. The summed E-state index contributed by atoms with van der Waals surface area (Å²) in [6, 6.07) is 12.9. The van der Waals surface area contributed by atoms with Gasteiger partial charge in [0.2, 0.25) is 0 Å². The lowest BCUT2D eigenvalue weighted by atomic mass is 9.88. The van der Waals surface area contributed by atoms with E-state index in [0.717, 1.165) is 31.2 Å².